The van der Waals surface area contributed by atoms with Crippen LogP contribution < -0.4 is 39.3 Å². The number of likely N-dealkylation sites (tertiary alicyclic amines) is 1. The molecule has 5 atom stereocenters. The van der Waals surface area contributed by atoms with Crippen molar-refractivity contribution in [2.45, 2.75) is 75.7 Å². The minimum absolute atomic E-state index is 0.0821. The van der Waals surface area contributed by atoms with Crippen LogP contribution in [-0.2, 0) is 19.2 Å². The predicted octanol–water partition coefficient (Wildman–Crippen LogP) is -4.15. The van der Waals surface area contributed by atoms with Crippen molar-refractivity contribution in [3.05, 3.63) is 0 Å². The summed E-state index contributed by atoms with van der Waals surface area (Å²) in [6.45, 7) is 1.94. The maximum absolute atomic E-state index is 13.1. The number of nitrogens with two attached hydrogens (primary N) is 5. The Bertz CT molecular complexity index is 857. The first-order chi connectivity index (χ1) is 17.3. The molecule has 5 unspecified atom stereocenters. The number of aliphatic hydroxyl groups is 1. The molecular weight excluding hydrogens is 488 g/mol. The van der Waals surface area contributed by atoms with Gasteiger partial charge in [0.15, 0.2) is 11.9 Å². The summed E-state index contributed by atoms with van der Waals surface area (Å²) in [5.41, 5.74) is 27.1. The lowest BCUT2D eigenvalue weighted by molar-refractivity contribution is -0.150. The number of nitrogens with one attached hydrogen (secondary N) is 2. The van der Waals surface area contributed by atoms with E-state index in [0.717, 1.165) is 4.90 Å². The Labute approximate surface area is 215 Å². The molecule has 1 rings (SSSR count). The smallest absolute Gasteiger partial charge is 0.326 e. The number of hydrogen-bond acceptors (Lipinski definition) is 8. The number of amides is 3. The molecule has 16 heteroatoms. The van der Waals surface area contributed by atoms with Gasteiger partial charge in [-0.25, -0.2) is 4.79 Å². The number of aliphatic hydroxyl groups excluding tert-OH is 1. The first kappa shape index (κ1) is 31.4. The second-order valence-corrected chi connectivity index (χ2v) is 8.82. The molecule has 1 heterocycles. The van der Waals surface area contributed by atoms with E-state index < -0.39 is 54.0 Å². The Balaban J connectivity index is 2.93. The van der Waals surface area contributed by atoms with Gasteiger partial charge in [0.1, 0.15) is 18.1 Å². The molecule has 1 saturated heterocycles. The third kappa shape index (κ3) is 10.9. The maximum atomic E-state index is 13.1. The Hall–Kier alpha value is -3.66. The minimum Gasteiger partial charge on any atom is -0.480 e. The zero-order valence-corrected chi connectivity index (χ0v) is 21.0. The summed E-state index contributed by atoms with van der Waals surface area (Å²) in [6, 6.07) is -4.55. The molecule has 210 valence electrons. The van der Waals surface area contributed by atoms with Gasteiger partial charge in [-0.1, -0.05) is 0 Å². The van der Waals surface area contributed by atoms with E-state index in [1.807, 2.05) is 0 Å². The van der Waals surface area contributed by atoms with E-state index in [1.165, 1.54) is 6.92 Å². The molecule has 1 fully saturated rings. The molecule has 0 aromatic rings. The molecule has 0 radical (unpaired) electrons. The lowest BCUT2D eigenvalue weighted by Crippen LogP contribution is -2.59. The third-order valence-corrected chi connectivity index (χ3v) is 5.75. The van der Waals surface area contributed by atoms with Gasteiger partial charge in [-0.2, -0.15) is 0 Å². The summed E-state index contributed by atoms with van der Waals surface area (Å²) in [7, 11) is 0. The highest BCUT2D eigenvalue weighted by molar-refractivity contribution is 5.94. The molecular formula is C21H40N10O6. The van der Waals surface area contributed by atoms with E-state index in [4.69, 9.17) is 28.7 Å². The first-order valence-electron chi connectivity index (χ1n) is 12.0. The number of aliphatic carboxylic acids is 1. The van der Waals surface area contributed by atoms with Gasteiger partial charge >= 0.3 is 5.97 Å². The topological polar surface area (TPSA) is 291 Å². The Morgan fingerprint density at radius 2 is 1.54 bits per heavy atom. The van der Waals surface area contributed by atoms with Crippen LogP contribution in [0.1, 0.15) is 45.4 Å². The second-order valence-electron chi connectivity index (χ2n) is 8.82. The standard InChI is InChI=1S/C21H40N10O6/c1-11(32)15(18(35)31-10-4-7-14(31)19(36)37)30-17(34)13(6-3-9-28-21(25)26)29-16(33)12(22)5-2-8-27-20(23)24/h11-15,32H,2-10,22H2,1H3,(H,29,33)(H,30,34)(H,36,37)(H4,23,24,27)(H4,25,26,28). The van der Waals surface area contributed by atoms with Crippen LogP contribution >= 0.6 is 0 Å². The summed E-state index contributed by atoms with van der Waals surface area (Å²) < 4.78 is 0. The maximum Gasteiger partial charge on any atom is 0.326 e. The van der Waals surface area contributed by atoms with Crippen LogP contribution in [0.2, 0.25) is 0 Å². The van der Waals surface area contributed by atoms with Crippen molar-refractivity contribution in [1.82, 2.24) is 15.5 Å². The van der Waals surface area contributed by atoms with E-state index in [9.17, 15) is 29.4 Å². The van der Waals surface area contributed by atoms with E-state index >= 15 is 0 Å². The molecule has 0 aromatic heterocycles. The van der Waals surface area contributed by atoms with Crippen LogP contribution in [0, 0.1) is 0 Å². The summed E-state index contributed by atoms with van der Waals surface area (Å²) in [5, 5.41) is 24.6. The van der Waals surface area contributed by atoms with Crippen LogP contribution in [0.5, 0.6) is 0 Å². The van der Waals surface area contributed by atoms with Crippen LogP contribution in [0.15, 0.2) is 9.98 Å². The number of hydrogen-bond donors (Lipinski definition) is 9. The monoisotopic (exact) mass is 528 g/mol. The number of rotatable bonds is 15. The molecule has 0 aliphatic carbocycles. The second kappa shape index (κ2) is 15.5. The number of nitrogens with zero attached hydrogens (tertiary/aromatic N) is 3. The van der Waals surface area contributed by atoms with E-state index in [1.54, 1.807) is 0 Å². The Morgan fingerprint density at radius 1 is 0.973 bits per heavy atom. The summed E-state index contributed by atoms with van der Waals surface area (Å²) in [4.78, 5) is 59.1. The number of carbonyl (C=O) groups is 4. The van der Waals surface area contributed by atoms with Crippen LogP contribution in [-0.4, -0.2) is 101 Å². The van der Waals surface area contributed by atoms with Gasteiger partial charge in [0.25, 0.3) is 0 Å². The van der Waals surface area contributed by atoms with Gasteiger partial charge in [-0.15, -0.1) is 0 Å². The van der Waals surface area contributed by atoms with Gasteiger partial charge in [0.2, 0.25) is 17.7 Å². The number of carboxylic acid groups (broad SMARTS) is 1. The zero-order chi connectivity index (χ0) is 28.1. The van der Waals surface area contributed by atoms with Crippen molar-refractivity contribution < 1.29 is 29.4 Å². The summed E-state index contributed by atoms with van der Waals surface area (Å²) in [6.07, 6.45) is 0.480. The Kier molecular flexibility index (Phi) is 13.1. The van der Waals surface area contributed by atoms with E-state index in [-0.39, 0.29) is 50.8 Å². The average molecular weight is 529 g/mol. The van der Waals surface area contributed by atoms with Crippen LogP contribution in [0.4, 0.5) is 0 Å². The SMILES string of the molecule is CC(O)C(NC(=O)C(CCCN=C(N)N)NC(=O)C(N)CCCN=C(N)N)C(=O)N1CCCC1C(=O)O. The van der Waals surface area contributed by atoms with Crippen molar-refractivity contribution in [3.8, 4) is 0 Å². The van der Waals surface area contributed by atoms with Crippen molar-refractivity contribution in [2.75, 3.05) is 19.6 Å². The number of carbonyl (C=O) groups excluding carboxylic acids is 3. The van der Waals surface area contributed by atoms with Crippen molar-refractivity contribution in [1.29, 1.82) is 0 Å². The molecule has 0 saturated carbocycles. The van der Waals surface area contributed by atoms with Crippen LogP contribution in [0.25, 0.3) is 0 Å². The molecule has 14 N–H and O–H groups in total. The molecule has 1 aliphatic heterocycles. The molecule has 0 spiro atoms. The fourth-order valence-electron chi connectivity index (χ4n) is 3.81. The van der Waals surface area contributed by atoms with Crippen molar-refractivity contribution in [3.63, 3.8) is 0 Å². The highest BCUT2D eigenvalue weighted by Crippen LogP contribution is 2.19. The number of carboxylic acids is 1. The normalized spacial score (nSPS) is 18.1. The highest BCUT2D eigenvalue weighted by Gasteiger charge is 2.40. The first-order valence-corrected chi connectivity index (χ1v) is 12.0. The fourth-order valence-corrected chi connectivity index (χ4v) is 3.81. The number of guanidine groups is 2. The lowest BCUT2D eigenvalue weighted by atomic mass is 10.1. The van der Waals surface area contributed by atoms with Gasteiger partial charge in [0.05, 0.1) is 12.1 Å². The molecule has 0 aromatic carbocycles. The highest BCUT2D eigenvalue weighted by atomic mass is 16.4. The van der Waals surface area contributed by atoms with Gasteiger partial charge in [-0.05, 0) is 45.4 Å². The van der Waals surface area contributed by atoms with Gasteiger partial charge in [-0.3, -0.25) is 24.4 Å². The summed E-state index contributed by atoms with van der Waals surface area (Å²) >= 11 is 0. The van der Waals surface area contributed by atoms with E-state index in [2.05, 4.69) is 20.6 Å². The molecule has 16 nitrogen and oxygen atoms in total. The fraction of sp³-hybridized carbons (Fsp3) is 0.714. The quantitative estimate of drug-likeness (QED) is 0.0558. The molecule has 37 heavy (non-hydrogen) atoms. The van der Waals surface area contributed by atoms with Gasteiger partial charge in [0, 0.05) is 19.6 Å². The molecule has 3 amide bonds. The molecule has 1 aliphatic rings. The minimum atomic E-state index is -1.42. The summed E-state index contributed by atoms with van der Waals surface area (Å²) in [5.74, 6) is -3.48. The van der Waals surface area contributed by atoms with Gasteiger partial charge < -0.3 is 54.4 Å². The predicted molar refractivity (Wildman–Crippen MR) is 136 cm³/mol. The lowest BCUT2D eigenvalue weighted by Gasteiger charge is -2.30. The largest absolute Gasteiger partial charge is 0.480 e. The molecule has 0 bridgehead atoms. The third-order valence-electron chi connectivity index (χ3n) is 5.75. The Morgan fingerprint density at radius 3 is 2.05 bits per heavy atom. The van der Waals surface area contributed by atoms with Crippen LogP contribution in [0.3, 0.4) is 0 Å². The average Bonchev–Trinajstić information content (AvgIpc) is 3.31. The zero-order valence-electron chi connectivity index (χ0n) is 21.0. The van der Waals surface area contributed by atoms with E-state index in [0.29, 0.717) is 19.3 Å². The van der Waals surface area contributed by atoms with Crippen molar-refractivity contribution >= 4 is 35.6 Å². The number of aliphatic imine (C=N–C) groups is 2. The van der Waals surface area contributed by atoms with Crippen molar-refractivity contribution in [2.24, 2.45) is 38.7 Å².